The van der Waals surface area contributed by atoms with Gasteiger partial charge in [-0.3, -0.25) is 10.1 Å². The van der Waals surface area contributed by atoms with E-state index < -0.39 is 16.9 Å². The molecule has 8 heteroatoms. The van der Waals surface area contributed by atoms with Crippen molar-refractivity contribution in [3.8, 4) is 11.5 Å². The van der Waals surface area contributed by atoms with Gasteiger partial charge in [0.1, 0.15) is 18.1 Å². The standard InChI is InChI=1S/C23H17NO7/c25-22(16-6-8-17(9-7-16)24(27)28)31-18-12-20(19-10-11-29-21(19)13-18)23(26)30-14-15-4-2-1-3-5-15/h1-9,12-13H,10-11,14H2. The highest BCUT2D eigenvalue weighted by Gasteiger charge is 2.24. The Bertz CT molecular complexity index is 1140. The van der Waals surface area contributed by atoms with E-state index in [9.17, 15) is 19.7 Å². The Morgan fingerprint density at radius 2 is 1.74 bits per heavy atom. The highest BCUT2D eigenvalue weighted by Crippen LogP contribution is 2.34. The average molecular weight is 419 g/mol. The third-order valence-electron chi connectivity index (χ3n) is 4.75. The van der Waals surface area contributed by atoms with Crippen molar-refractivity contribution in [1.29, 1.82) is 0 Å². The smallest absolute Gasteiger partial charge is 0.343 e. The van der Waals surface area contributed by atoms with Crippen LogP contribution < -0.4 is 9.47 Å². The third-order valence-corrected chi connectivity index (χ3v) is 4.75. The molecule has 0 saturated heterocycles. The van der Waals surface area contributed by atoms with Crippen LogP contribution in [0.5, 0.6) is 11.5 Å². The Morgan fingerprint density at radius 3 is 2.45 bits per heavy atom. The van der Waals surface area contributed by atoms with E-state index in [2.05, 4.69) is 0 Å². The molecule has 0 aliphatic carbocycles. The van der Waals surface area contributed by atoms with Crippen LogP contribution in [0.1, 0.15) is 31.8 Å². The molecule has 0 saturated carbocycles. The maximum absolute atomic E-state index is 12.7. The van der Waals surface area contributed by atoms with Gasteiger partial charge in [-0.1, -0.05) is 30.3 Å². The molecule has 1 aliphatic heterocycles. The number of nitro groups is 1. The lowest BCUT2D eigenvalue weighted by Crippen LogP contribution is -2.11. The molecule has 1 heterocycles. The van der Waals surface area contributed by atoms with E-state index in [0.29, 0.717) is 24.3 Å². The molecule has 0 spiro atoms. The quantitative estimate of drug-likeness (QED) is 0.256. The predicted octanol–water partition coefficient (Wildman–Crippen LogP) is 4.11. The minimum absolute atomic E-state index is 0.113. The minimum Gasteiger partial charge on any atom is -0.493 e. The summed E-state index contributed by atoms with van der Waals surface area (Å²) >= 11 is 0. The van der Waals surface area contributed by atoms with Gasteiger partial charge >= 0.3 is 11.9 Å². The molecule has 0 fully saturated rings. The van der Waals surface area contributed by atoms with E-state index in [0.717, 1.165) is 5.56 Å². The second-order valence-electron chi connectivity index (χ2n) is 6.80. The van der Waals surface area contributed by atoms with E-state index >= 15 is 0 Å². The highest BCUT2D eigenvalue weighted by molar-refractivity contribution is 5.94. The van der Waals surface area contributed by atoms with Gasteiger partial charge in [-0.05, 0) is 23.8 Å². The van der Waals surface area contributed by atoms with Crippen molar-refractivity contribution in [2.45, 2.75) is 13.0 Å². The molecule has 0 unspecified atom stereocenters. The third kappa shape index (κ3) is 4.53. The number of hydrogen-bond acceptors (Lipinski definition) is 7. The van der Waals surface area contributed by atoms with Crippen LogP contribution in [0.2, 0.25) is 0 Å². The van der Waals surface area contributed by atoms with Crippen LogP contribution in [0.25, 0.3) is 0 Å². The number of benzene rings is 3. The molecule has 31 heavy (non-hydrogen) atoms. The minimum atomic E-state index is -0.712. The summed E-state index contributed by atoms with van der Waals surface area (Å²) in [5, 5.41) is 10.8. The first-order valence-electron chi connectivity index (χ1n) is 9.48. The summed E-state index contributed by atoms with van der Waals surface area (Å²) < 4.78 is 16.4. The lowest BCUT2D eigenvalue weighted by Gasteiger charge is -2.11. The van der Waals surface area contributed by atoms with Crippen LogP contribution in [-0.4, -0.2) is 23.5 Å². The van der Waals surface area contributed by atoms with Crippen molar-refractivity contribution in [3.63, 3.8) is 0 Å². The van der Waals surface area contributed by atoms with E-state index in [1.165, 1.54) is 30.3 Å². The van der Waals surface area contributed by atoms with E-state index in [-0.39, 0.29) is 29.2 Å². The zero-order chi connectivity index (χ0) is 21.8. The molecule has 1 aliphatic rings. The fraction of sp³-hybridized carbons (Fsp3) is 0.130. The maximum Gasteiger partial charge on any atom is 0.343 e. The van der Waals surface area contributed by atoms with Crippen LogP contribution in [0.4, 0.5) is 5.69 Å². The lowest BCUT2D eigenvalue weighted by molar-refractivity contribution is -0.384. The van der Waals surface area contributed by atoms with Crippen molar-refractivity contribution < 1.29 is 28.7 Å². The van der Waals surface area contributed by atoms with Gasteiger partial charge < -0.3 is 14.2 Å². The Labute approximate surface area is 177 Å². The Hall–Kier alpha value is -4.20. The van der Waals surface area contributed by atoms with Gasteiger partial charge in [0.2, 0.25) is 0 Å². The summed E-state index contributed by atoms with van der Waals surface area (Å²) in [6.45, 7) is 0.524. The molecule has 0 radical (unpaired) electrons. The predicted molar refractivity (Wildman–Crippen MR) is 109 cm³/mol. The maximum atomic E-state index is 12.7. The van der Waals surface area contributed by atoms with E-state index in [1.54, 1.807) is 6.07 Å². The molecule has 8 nitrogen and oxygen atoms in total. The Kier molecular flexibility index (Phi) is 5.61. The molecule has 0 atom stereocenters. The van der Waals surface area contributed by atoms with Gasteiger partial charge in [-0.2, -0.15) is 0 Å². The molecule has 0 amide bonds. The van der Waals surface area contributed by atoms with Gasteiger partial charge in [-0.25, -0.2) is 9.59 Å². The topological polar surface area (TPSA) is 105 Å². The van der Waals surface area contributed by atoms with Crippen LogP contribution in [-0.2, 0) is 17.8 Å². The van der Waals surface area contributed by atoms with E-state index in [1.807, 2.05) is 30.3 Å². The first kappa shape index (κ1) is 20.1. The zero-order valence-corrected chi connectivity index (χ0v) is 16.3. The number of fused-ring (bicyclic) bond motifs is 1. The average Bonchev–Trinajstić information content (AvgIpc) is 3.26. The number of non-ortho nitro benzene ring substituents is 1. The largest absolute Gasteiger partial charge is 0.493 e. The van der Waals surface area contributed by atoms with Crippen LogP contribution in [0, 0.1) is 10.1 Å². The molecular formula is C23H17NO7. The fourth-order valence-electron chi connectivity index (χ4n) is 3.20. The molecule has 3 aromatic carbocycles. The normalized spacial score (nSPS) is 11.9. The van der Waals surface area contributed by atoms with Crippen LogP contribution in [0.15, 0.2) is 66.7 Å². The number of esters is 2. The van der Waals surface area contributed by atoms with Crippen molar-refractivity contribution in [2.24, 2.45) is 0 Å². The van der Waals surface area contributed by atoms with Gasteiger partial charge in [0.25, 0.3) is 5.69 Å². The molecule has 4 rings (SSSR count). The zero-order valence-electron chi connectivity index (χ0n) is 16.3. The molecule has 0 N–H and O–H groups in total. The number of ether oxygens (including phenoxy) is 3. The summed E-state index contributed by atoms with van der Waals surface area (Å²) in [6, 6.07) is 17.3. The van der Waals surface area contributed by atoms with Crippen molar-refractivity contribution in [3.05, 3.63) is 99.1 Å². The number of carbonyl (C=O) groups is 2. The summed E-state index contributed by atoms with van der Waals surface area (Å²) in [4.78, 5) is 35.3. The second-order valence-corrected chi connectivity index (χ2v) is 6.80. The summed E-state index contributed by atoms with van der Waals surface area (Å²) in [6.07, 6.45) is 0.543. The molecule has 156 valence electrons. The number of hydrogen-bond donors (Lipinski definition) is 0. The summed E-state index contributed by atoms with van der Waals surface area (Å²) in [5.74, 6) is -0.674. The summed E-state index contributed by atoms with van der Waals surface area (Å²) in [5.41, 5.74) is 1.83. The number of carbonyl (C=O) groups excluding carboxylic acids is 2. The van der Waals surface area contributed by atoms with Crippen molar-refractivity contribution >= 4 is 17.6 Å². The van der Waals surface area contributed by atoms with Crippen molar-refractivity contribution in [1.82, 2.24) is 0 Å². The highest BCUT2D eigenvalue weighted by atomic mass is 16.6. The molecule has 3 aromatic rings. The van der Waals surface area contributed by atoms with Gasteiger partial charge in [0.05, 0.1) is 22.7 Å². The molecular weight excluding hydrogens is 402 g/mol. The van der Waals surface area contributed by atoms with Crippen LogP contribution >= 0.6 is 0 Å². The number of rotatable bonds is 6. The molecule has 0 aromatic heterocycles. The van der Waals surface area contributed by atoms with Gasteiger partial charge in [-0.15, -0.1) is 0 Å². The Morgan fingerprint density at radius 1 is 1.00 bits per heavy atom. The lowest BCUT2D eigenvalue weighted by atomic mass is 10.0. The Balaban J connectivity index is 1.53. The molecule has 0 bridgehead atoms. The summed E-state index contributed by atoms with van der Waals surface area (Å²) in [7, 11) is 0. The first-order chi connectivity index (χ1) is 15.0. The van der Waals surface area contributed by atoms with Crippen LogP contribution in [0.3, 0.4) is 0 Å². The van der Waals surface area contributed by atoms with Gasteiger partial charge in [0, 0.05) is 30.2 Å². The SMILES string of the molecule is O=C(Oc1cc2c(c(C(=O)OCc3ccccc3)c1)CCO2)c1ccc([N+](=O)[O-])cc1. The fourth-order valence-corrected chi connectivity index (χ4v) is 3.20. The number of nitro benzene ring substituents is 1. The van der Waals surface area contributed by atoms with E-state index in [4.69, 9.17) is 14.2 Å². The van der Waals surface area contributed by atoms with Gasteiger partial charge in [0.15, 0.2) is 0 Å². The number of nitrogens with zero attached hydrogens (tertiary/aromatic N) is 1. The van der Waals surface area contributed by atoms with Crippen molar-refractivity contribution in [2.75, 3.05) is 6.61 Å². The monoisotopic (exact) mass is 419 g/mol. The first-order valence-corrected chi connectivity index (χ1v) is 9.48. The second kappa shape index (κ2) is 8.66.